The van der Waals surface area contributed by atoms with E-state index in [0.29, 0.717) is 5.56 Å². The summed E-state index contributed by atoms with van der Waals surface area (Å²) in [5, 5.41) is 0. The fraction of sp³-hybridized carbons (Fsp3) is 0. The van der Waals surface area contributed by atoms with Gasteiger partial charge in [-0.15, -0.1) is 0 Å². The van der Waals surface area contributed by atoms with Crippen molar-refractivity contribution < 1.29 is 9.59 Å². The molecule has 0 atom stereocenters. The van der Waals surface area contributed by atoms with E-state index in [-0.39, 0.29) is 39.6 Å². The number of nitrogens with two attached hydrogens (primary N) is 2. The minimum atomic E-state index is -0.308. The summed E-state index contributed by atoms with van der Waals surface area (Å²) in [6.07, 6.45) is 2.85. The summed E-state index contributed by atoms with van der Waals surface area (Å²) in [7, 11) is 0. The third-order valence-electron chi connectivity index (χ3n) is 3.03. The molecule has 0 amide bonds. The van der Waals surface area contributed by atoms with Crippen LogP contribution in [0.5, 0.6) is 0 Å². The molecule has 0 saturated carbocycles. The number of hydrogen-bond acceptors (Lipinski definition) is 5. The number of pyridine rings is 1. The third kappa shape index (κ3) is 1.18. The van der Waals surface area contributed by atoms with Crippen LogP contribution in [-0.2, 0) is 0 Å². The van der Waals surface area contributed by atoms with Crippen molar-refractivity contribution in [2.75, 3.05) is 11.5 Å². The van der Waals surface area contributed by atoms with Crippen molar-refractivity contribution >= 4 is 22.9 Å². The van der Waals surface area contributed by atoms with Crippen molar-refractivity contribution in [3.05, 3.63) is 52.8 Å². The molecule has 2 aromatic rings. The van der Waals surface area contributed by atoms with Gasteiger partial charge in [-0.25, -0.2) is 0 Å². The maximum Gasteiger partial charge on any atom is 0.198 e. The lowest BCUT2D eigenvalue weighted by Gasteiger charge is -2.19. The Balaban J connectivity index is 2.41. The maximum absolute atomic E-state index is 12.3. The standard InChI is InChI=1S/C13H9N3O2/c14-8-1-2-9(15)11-10(8)12(17)6-3-4-16-5-7(6)13(11)18/h1-5H,14-15H2. The van der Waals surface area contributed by atoms with Crippen LogP contribution in [0.25, 0.3) is 0 Å². The third-order valence-corrected chi connectivity index (χ3v) is 3.03. The molecule has 1 heterocycles. The van der Waals surface area contributed by atoms with Crippen molar-refractivity contribution in [3.8, 4) is 0 Å². The molecule has 1 aromatic heterocycles. The lowest BCUT2D eigenvalue weighted by Crippen LogP contribution is -2.23. The Bertz CT molecular complexity index is 647. The number of carbonyl (C=O) groups excluding carboxylic acids is 2. The zero-order valence-electron chi connectivity index (χ0n) is 9.31. The van der Waals surface area contributed by atoms with E-state index in [1.54, 1.807) is 0 Å². The van der Waals surface area contributed by atoms with Crippen molar-refractivity contribution in [1.29, 1.82) is 0 Å². The number of ketones is 2. The molecule has 0 fully saturated rings. The molecule has 1 aliphatic carbocycles. The van der Waals surface area contributed by atoms with Gasteiger partial charge in [0, 0.05) is 29.3 Å². The number of hydrogen-bond donors (Lipinski definition) is 2. The Morgan fingerprint density at radius 2 is 1.39 bits per heavy atom. The fourth-order valence-corrected chi connectivity index (χ4v) is 2.17. The fourth-order valence-electron chi connectivity index (χ4n) is 2.17. The van der Waals surface area contributed by atoms with Crippen molar-refractivity contribution in [1.82, 2.24) is 4.98 Å². The molecule has 1 aromatic carbocycles. The van der Waals surface area contributed by atoms with E-state index < -0.39 is 0 Å². The van der Waals surface area contributed by atoms with E-state index in [1.165, 1.54) is 30.6 Å². The minimum Gasteiger partial charge on any atom is -0.398 e. The summed E-state index contributed by atoms with van der Waals surface area (Å²) in [6, 6.07) is 4.58. The molecule has 0 radical (unpaired) electrons. The average molecular weight is 239 g/mol. The van der Waals surface area contributed by atoms with E-state index >= 15 is 0 Å². The first kappa shape index (κ1) is 10.5. The van der Waals surface area contributed by atoms with Gasteiger partial charge in [-0.05, 0) is 18.2 Å². The van der Waals surface area contributed by atoms with Gasteiger partial charge in [0.15, 0.2) is 11.6 Å². The van der Waals surface area contributed by atoms with Crippen LogP contribution < -0.4 is 11.5 Å². The predicted octanol–water partition coefficient (Wildman–Crippen LogP) is 1.02. The summed E-state index contributed by atoms with van der Waals surface area (Å²) in [5.74, 6) is -0.593. The molecular weight excluding hydrogens is 230 g/mol. The minimum absolute atomic E-state index is 0.181. The second-order valence-electron chi connectivity index (χ2n) is 4.07. The smallest absolute Gasteiger partial charge is 0.198 e. The van der Waals surface area contributed by atoms with Gasteiger partial charge in [0.1, 0.15) is 0 Å². The molecule has 0 unspecified atom stereocenters. The molecule has 18 heavy (non-hydrogen) atoms. The molecule has 4 N–H and O–H groups in total. The number of nitrogen functional groups attached to an aromatic ring is 2. The predicted molar refractivity (Wildman–Crippen MR) is 66.4 cm³/mol. The normalized spacial score (nSPS) is 13.1. The lowest BCUT2D eigenvalue weighted by atomic mass is 9.83. The first-order chi connectivity index (χ1) is 8.61. The Labute approximate surface area is 102 Å². The van der Waals surface area contributed by atoms with Crippen LogP contribution in [-0.4, -0.2) is 16.6 Å². The van der Waals surface area contributed by atoms with Crippen molar-refractivity contribution in [2.24, 2.45) is 0 Å². The SMILES string of the molecule is Nc1ccc(N)c2c1C(=O)c1ccncc1C2=O. The summed E-state index contributed by atoms with van der Waals surface area (Å²) in [5.41, 5.74) is 13.0. The molecule has 0 spiro atoms. The molecule has 5 nitrogen and oxygen atoms in total. The van der Waals surface area contributed by atoms with E-state index in [1.807, 2.05) is 0 Å². The molecule has 0 bridgehead atoms. The Kier molecular flexibility index (Phi) is 1.98. The van der Waals surface area contributed by atoms with Crippen molar-refractivity contribution in [2.45, 2.75) is 0 Å². The molecule has 3 rings (SSSR count). The molecular formula is C13H9N3O2. The highest BCUT2D eigenvalue weighted by atomic mass is 16.1. The van der Waals surface area contributed by atoms with Crippen LogP contribution in [0.15, 0.2) is 30.6 Å². The molecule has 0 aliphatic heterocycles. The van der Waals surface area contributed by atoms with Crippen LogP contribution in [0.1, 0.15) is 31.8 Å². The number of nitrogens with zero attached hydrogens (tertiary/aromatic N) is 1. The van der Waals surface area contributed by atoms with Gasteiger partial charge in [0.05, 0.1) is 16.7 Å². The first-order valence-electron chi connectivity index (χ1n) is 5.32. The topological polar surface area (TPSA) is 99.1 Å². The average Bonchev–Trinajstić information content (AvgIpc) is 2.38. The Hall–Kier alpha value is -2.69. The first-order valence-corrected chi connectivity index (χ1v) is 5.32. The van der Waals surface area contributed by atoms with Gasteiger partial charge in [-0.1, -0.05) is 0 Å². The van der Waals surface area contributed by atoms with Crippen LogP contribution >= 0.6 is 0 Å². The molecule has 88 valence electrons. The van der Waals surface area contributed by atoms with Crippen LogP contribution in [0, 0.1) is 0 Å². The van der Waals surface area contributed by atoms with E-state index in [4.69, 9.17) is 11.5 Å². The zero-order chi connectivity index (χ0) is 12.9. The second-order valence-corrected chi connectivity index (χ2v) is 4.07. The number of rotatable bonds is 0. The maximum atomic E-state index is 12.3. The Morgan fingerprint density at radius 3 is 2.00 bits per heavy atom. The summed E-state index contributed by atoms with van der Waals surface area (Å²) >= 11 is 0. The van der Waals surface area contributed by atoms with Gasteiger partial charge >= 0.3 is 0 Å². The van der Waals surface area contributed by atoms with Crippen LogP contribution in [0.2, 0.25) is 0 Å². The molecule has 5 heteroatoms. The second kappa shape index (κ2) is 3.40. The van der Waals surface area contributed by atoms with Gasteiger partial charge in [-0.3, -0.25) is 14.6 Å². The van der Waals surface area contributed by atoms with E-state index in [0.717, 1.165) is 0 Å². The molecule has 0 saturated heterocycles. The van der Waals surface area contributed by atoms with E-state index in [2.05, 4.69) is 4.98 Å². The van der Waals surface area contributed by atoms with Gasteiger partial charge < -0.3 is 11.5 Å². The molecule has 1 aliphatic rings. The summed E-state index contributed by atoms with van der Waals surface area (Å²) in [4.78, 5) is 28.5. The number of aromatic nitrogens is 1. The Morgan fingerprint density at radius 1 is 0.833 bits per heavy atom. The monoisotopic (exact) mass is 239 g/mol. The number of benzene rings is 1. The highest BCUT2D eigenvalue weighted by molar-refractivity contribution is 6.31. The highest BCUT2D eigenvalue weighted by Gasteiger charge is 2.32. The van der Waals surface area contributed by atoms with Crippen LogP contribution in [0.3, 0.4) is 0 Å². The zero-order valence-corrected chi connectivity index (χ0v) is 9.31. The van der Waals surface area contributed by atoms with Gasteiger partial charge in [0.2, 0.25) is 0 Å². The summed E-state index contributed by atoms with van der Waals surface area (Å²) < 4.78 is 0. The lowest BCUT2D eigenvalue weighted by molar-refractivity contribution is 0.0980. The summed E-state index contributed by atoms with van der Waals surface area (Å²) in [6.45, 7) is 0. The van der Waals surface area contributed by atoms with E-state index in [9.17, 15) is 9.59 Å². The number of anilines is 2. The van der Waals surface area contributed by atoms with Gasteiger partial charge in [0.25, 0.3) is 0 Å². The highest BCUT2D eigenvalue weighted by Crippen LogP contribution is 2.33. The van der Waals surface area contributed by atoms with Crippen LogP contribution in [0.4, 0.5) is 11.4 Å². The largest absolute Gasteiger partial charge is 0.398 e. The number of carbonyl (C=O) groups is 2. The quantitative estimate of drug-likeness (QED) is 0.570. The van der Waals surface area contributed by atoms with Gasteiger partial charge in [-0.2, -0.15) is 0 Å². The van der Waals surface area contributed by atoms with Crippen molar-refractivity contribution in [3.63, 3.8) is 0 Å². The number of fused-ring (bicyclic) bond motifs is 2.